The molecule has 1 atom stereocenters. The highest BCUT2D eigenvalue weighted by Crippen LogP contribution is 2.02. The van der Waals surface area contributed by atoms with Crippen LogP contribution in [0.25, 0.3) is 0 Å². The fraction of sp³-hybridized carbons (Fsp3) is 0.308. The summed E-state index contributed by atoms with van der Waals surface area (Å²) in [6.07, 6.45) is 0.898. The van der Waals surface area contributed by atoms with E-state index in [1.165, 1.54) is 0 Å². The van der Waals surface area contributed by atoms with E-state index in [9.17, 15) is 9.59 Å². The number of hydrogen-bond donors (Lipinski definition) is 4. The fourth-order valence-corrected chi connectivity index (χ4v) is 1.70. The summed E-state index contributed by atoms with van der Waals surface area (Å²) in [5.74, 6) is -0.836. The van der Waals surface area contributed by atoms with Crippen molar-refractivity contribution in [2.45, 2.75) is 18.9 Å². The van der Waals surface area contributed by atoms with Crippen molar-refractivity contribution in [2.75, 3.05) is 6.54 Å². The van der Waals surface area contributed by atoms with Crippen molar-refractivity contribution in [3.05, 3.63) is 35.9 Å². The number of rotatable bonds is 7. The van der Waals surface area contributed by atoms with Crippen molar-refractivity contribution < 1.29 is 9.59 Å². The second kappa shape index (κ2) is 8.80. The summed E-state index contributed by atoms with van der Waals surface area (Å²) < 4.78 is 0. The van der Waals surface area contributed by atoms with Crippen molar-refractivity contribution in [3.63, 3.8) is 0 Å². The van der Waals surface area contributed by atoms with Gasteiger partial charge in [-0.1, -0.05) is 18.2 Å². The molecule has 7 nitrogen and oxygen atoms in total. The second-order valence-electron chi connectivity index (χ2n) is 4.30. The molecule has 0 spiro atoms. The molecule has 1 aromatic rings. The zero-order valence-electron chi connectivity index (χ0n) is 11.4. The minimum absolute atomic E-state index is 0.0978. The van der Waals surface area contributed by atoms with Crippen LogP contribution in [0.4, 0.5) is 0 Å². The first-order chi connectivity index (χ1) is 10.0. The summed E-state index contributed by atoms with van der Waals surface area (Å²) >= 11 is 5.24. The maximum atomic E-state index is 12.0. The van der Waals surface area contributed by atoms with Gasteiger partial charge in [0.1, 0.15) is 6.04 Å². The third kappa shape index (κ3) is 6.13. The van der Waals surface area contributed by atoms with Crippen LogP contribution in [0.1, 0.15) is 23.2 Å². The summed E-state index contributed by atoms with van der Waals surface area (Å²) in [4.78, 5) is 29.4. The summed E-state index contributed by atoms with van der Waals surface area (Å²) in [6, 6.07) is 7.85. The predicted octanol–water partition coefficient (Wildman–Crippen LogP) is 0.109. The van der Waals surface area contributed by atoms with E-state index in [2.05, 4.69) is 15.1 Å². The Labute approximate surface area is 127 Å². The van der Waals surface area contributed by atoms with Gasteiger partial charge in [0.15, 0.2) is 0 Å². The van der Waals surface area contributed by atoms with Gasteiger partial charge in [-0.05, 0) is 25.0 Å². The Kier molecular flexibility index (Phi) is 7.03. The lowest BCUT2D eigenvalue weighted by atomic mass is 10.1. The van der Waals surface area contributed by atoms with Gasteiger partial charge in [0.2, 0.25) is 11.9 Å². The van der Waals surface area contributed by atoms with E-state index in [0.29, 0.717) is 24.9 Å². The van der Waals surface area contributed by atoms with Crippen molar-refractivity contribution in [3.8, 4) is 0 Å². The SMILES string of the molecule is NC(=O)[C@H](CCCN=C(N)NCl)NC(=O)c1ccccc1. The minimum Gasteiger partial charge on any atom is -0.369 e. The molecule has 0 fully saturated rings. The third-order valence-electron chi connectivity index (χ3n) is 2.71. The molecule has 0 aliphatic heterocycles. The third-order valence-corrected chi connectivity index (χ3v) is 2.91. The van der Waals surface area contributed by atoms with Crippen LogP contribution in [0.3, 0.4) is 0 Å². The van der Waals surface area contributed by atoms with E-state index >= 15 is 0 Å². The molecule has 0 unspecified atom stereocenters. The highest BCUT2D eigenvalue weighted by atomic mass is 35.5. The van der Waals surface area contributed by atoms with Gasteiger partial charge in [-0.2, -0.15) is 0 Å². The number of guanidine groups is 1. The zero-order valence-corrected chi connectivity index (χ0v) is 12.1. The van der Waals surface area contributed by atoms with E-state index in [-0.39, 0.29) is 11.9 Å². The van der Waals surface area contributed by atoms with Gasteiger partial charge in [-0.3, -0.25) is 19.4 Å². The Bertz CT molecular complexity index is 507. The number of nitrogens with one attached hydrogen (secondary N) is 2. The highest BCUT2D eigenvalue weighted by Gasteiger charge is 2.18. The number of carbonyl (C=O) groups excluding carboxylic acids is 2. The molecule has 6 N–H and O–H groups in total. The molecule has 114 valence electrons. The van der Waals surface area contributed by atoms with Gasteiger partial charge in [-0.15, -0.1) is 0 Å². The zero-order chi connectivity index (χ0) is 15.7. The Hall–Kier alpha value is -2.28. The summed E-state index contributed by atoms with van der Waals surface area (Å²) in [7, 11) is 0. The molecular weight excluding hydrogens is 294 g/mol. The lowest BCUT2D eigenvalue weighted by Crippen LogP contribution is -2.44. The predicted molar refractivity (Wildman–Crippen MR) is 81.6 cm³/mol. The lowest BCUT2D eigenvalue weighted by molar-refractivity contribution is -0.120. The number of aliphatic imine (C=N–C) groups is 1. The average Bonchev–Trinajstić information content (AvgIpc) is 2.50. The number of amides is 2. The molecule has 0 heterocycles. The van der Waals surface area contributed by atoms with E-state index in [1.54, 1.807) is 30.3 Å². The first-order valence-corrected chi connectivity index (χ1v) is 6.74. The number of benzene rings is 1. The van der Waals surface area contributed by atoms with Crippen molar-refractivity contribution in [2.24, 2.45) is 16.5 Å². The first-order valence-electron chi connectivity index (χ1n) is 6.36. The van der Waals surface area contributed by atoms with Gasteiger partial charge in [0.05, 0.1) is 0 Å². The summed E-state index contributed by atoms with van der Waals surface area (Å²) in [6.45, 7) is 0.372. The molecule has 0 aliphatic rings. The molecule has 0 aliphatic carbocycles. The molecule has 2 amide bonds. The van der Waals surface area contributed by atoms with Crippen LogP contribution >= 0.6 is 11.8 Å². The smallest absolute Gasteiger partial charge is 0.251 e. The molecule has 1 rings (SSSR count). The molecule has 0 radical (unpaired) electrons. The van der Waals surface area contributed by atoms with E-state index in [4.69, 9.17) is 23.2 Å². The van der Waals surface area contributed by atoms with Crippen LogP contribution < -0.4 is 21.6 Å². The Morgan fingerprint density at radius 1 is 1.24 bits per heavy atom. The van der Waals surface area contributed by atoms with E-state index in [0.717, 1.165) is 0 Å². The minimum atomic E-state index is -0.752. The van der Waals surface area contributed by atoms with Crippen LogP contribution in [-0.4, -0.2) is 30.4 Å². The van der Waals surface area contributed by atoms with Gasteiger partial charge < -0.3 is 16.8 Å². The summed E-state index contributed by atoms with van der Waals surface area (Å²) in [5, 5.41) is 2.60. The van der Waals surface area contributed by atoms with Crippen LogP contribution in [0.15, 0.2) is 35.3 Å². The number of primary amides is 1. The molecule has 0 bridgehead atoms. The van der Waals surface area contributed by atoms with Crippen molar-refractivity contribution >= 4 is 29.6 Å². The monoisotopic (exact) mass is 311 g/mol. The highest BCUT2D eigenvalue weighted by molar-refractivity contribution is 6.21. The topological polar surface area (TPSA) is 123 Å². The number of nitrogens with zero attached hydrogens (tertiary/aromatic N) is 1. The van der Waals surface area contributed by atoms with Gasteiger partial charge in [-0.25, -0.2) is 0 Å². The Morgan fingerprint density at radius 2 is 1.90 bits per heavy atom. The number of hydrogen-bond acceptors (Lipinski definition) is 3. The standard InChI is InChI=1S/C13H18ClN5O2/c14-19-13(16)17-8-4-7-10(11(15)20)18-12(21)9-5-2-1-3-6-9/h1-3,5-6,10H,4,7-8H2,(H2,15,20)(H,18,21)(H3,16,17,19)/t10-/m0/s1. The van der Waals surface area contributed by atoms with E-state index in [1.807, 2.05) is 0 Å². The molecular formula is C13H18ClN5O2. The number of nitrogens with two attached hydrogens (primary N) is 2. The molecule has 21 heavy (non-hydrogen) atoms. The first kappa shape index (κ1) is 16.8. The van der Waals surface area contributed by atoms with Crippen molar-refractivity contribution in [1.82, 2.24) is 10.2 Å². The van der Waals surface area contributed by atoms with Crippen LogP contribution in [0.5, 0.6) is 0 Å². The fourth-order valence-electron chi connectivity index (χ4n) is 1.64. The van der Waals surface area contributed by atoms with Crippen LogP contribution in [0, 0.1) is 0 Å². The molecule has 0 saturated carbocycles. The molecule has 0 aromatic heterocycles. The maximum Gasteiger partial charge on any atom is 0.251 e. The van der Waals surface area contributed by atoms with Crippen molar-refractivity contribution in [1.29, 1.82) is 0 Å². The average molecular weight is 312 g/mol. The molecule has 8 heteroatoms. The Balaban J connectivity index is 2.51. The van der Waals surface area contributed by atoms with Gasteiger partial charge in [0.25, 0.3) is 5.91 Å². The van der Waals surface area contributed by atoms with Crippen LogP contribution in [-0.2, 0) is 4.79 Å². The molecule has 1 aromatic carbocycles. The number of carbonyl (C=O) groups is 2. The Morgan fingerprint density at radius 3 is 2.48 bits per heavy atom. The summed E-state index contributed by atoms with van der Waals surface area (Å²) in [5.41, 5.74) is 11.1. The quantitative estimate of drug-likeness (QED) is 0.247. The normalized spacial score (nSPS) is 12.5. The van der Waals surface area contributed by atoms with Crippen LogP contribution in [0.2, 0.25) is 0 Å². The van der Waals surface area contributed by atoms with Gasteiger partial charge in [0, 0.05) is 23.9 Å². The lowest BCUT2D eigenvalue weighted by Gasteiger charge is -2.15. The van der Waals surface area contributed by atoms with Gasteiger partial charge >= 0.3 is 0 Å². The van der Waals surface area contributed by atoms with E-state index < -0.39 is 11.9 Å². The number of halogens is 1. The molecule has 0 saturated heterocycles. The maximum absolute atomic E-state index is 12.0. The largest absolute Gasteiger partial charge is 0.369 e. The second-order valence-corrected chi connectivity index (χ2v) is 4.49.